The summed E-state index contributed by atoms with van der Waals surface area (Å²) in [6.45, 7) is 2.68. The Kier molecular flexibility index (Phi) is 5.45. The number of rotatable bonds is 3. The normalized spacial score (nSPS) is 20.9. The van der Waals surface area contributed by atoms with Gasteiger partial charge in [0.05, 0.1) is 6.04 Å². The summed E-state index contributed by atoms with van der Waals surface area (Å²) in [7, 11) is 0. The molecule has 2 atom stereocenters. The summed E-state index contributed by atoms with van der Waals surface area (Å²) >= 11 is 0. The molecule has 1 saturated heterocycles. The van der Waals surface area contributed by atoms with Crippen LogP contribution in [0, 0.1) is 0 Å². The number of carbonyl (C=O) groups is 3. The third-order valence-corrected chi connectivity index (χ3v) is 2.49. The standard InChI is InChI=1S/C10H14F3N3O4/c1-5(8(18)20-9(19)10(11,12)13)16-7(17)6-4-14-2-3-15-6/h5-6,14-15H,2-4H2,1H3,(H,16,17). The molecule has 3 N–H and O–H groups in total. The molecule has 0 aromatic rings. The van der Waals surface area contributed by atoms with Crippen molar-refractivity contribution >= 4 is 17.8 Å². The van der Waals surface area contributed by atoms with Crippen LogP contribution in [0.4, 0.5) is 13.2 Å². The van der Waals surface area contributed by atoms with Gasteiger partial charge in [-0.2, -0.15) is 13.2 Å². The largest absolute Gasteiger partial charge is 0.491 e. The molecule has 114 valence electrons. The van der Waals surface area contributed by atoms with Gasteiger partial charge in [-0.3, -0.25) is 4.79 Å². The highest BCUT2D eigenvalue weighted by molar-refractivity contribution is 5.93. The molecular weight excluding hydrogens is 283 g/mol. The molecule has 1 amide bonds. The molecule has 0 aromatic carbocycles. The first-order valence-corrected chi connectivity index (χ1v) is 5.79. The van der Waals surface area contributed by atoms with Crippen LogP contribution >= 0.6 is 0 Å². The van der Waals surface area contributed by atoms with Gasteiger partial charge in [-0.1, -0.05) is 0 Å². The molecule has 2 unspecified atom stereocenters. The van der Waals surface area contributed by atoms with Crippen LogP contribution in [0.2, 0.25) is 0 Å². The first-order chi connectivity index (χ1) is 9.21. The number of alkyl halides is 3. The van der Waals surface area contributed by atoms with E-state index in [1.807, 2.05) is 0 Å². The van der Waals surface area contributed by atoms with Crippen LogP contribution in [0.25, 0.3) is 0 Å². The minimum absolute atomic E-state index is 0.328. The Labute approximate surface area is 112 Å². The van der Waals surface area contributed by atoms with Gasteiger partial charge in [-0.25, -0.2) is 9.59 Å². The van der Waals surface area contributed by atoms with E-state index in [1.54, 1.807) is 0 Å². The van der Waals surface area contributed by atoms with Crippen molar-refractivity contribution in [3.63, 3.8) is 0 Å². The van der Waals surface area contributed by atoms with E-state index in [1.165, 1.54) is 0 Å². The molecule has 1 rings (SSSR count). The van der Waals surface area contributed by atoms with Gasteiger partial charge in [0.15, 0.2) is 0 Å². The summed E-state index contributed by atoms with van der Waals surface area (Å²) < 4.78 is 39.3. The first kappa shape index (κ1) is 16.4. The van der Waals surface area contributed by atoms with Gasteiger partial charge >= 0.3 is 18.1 Å². The zero-order chi connectivity index (χ0) is 15.3. The molecule has 1 aliphatic heterocycles. The summed E-state index contributed by atoms with van der Waals surface area (Å²) in [6.07, 6.45) is -5.26. The van der Waals surface area contributed by atoms with Gasteiger partial charge in [0, 0.05) is 19.6 Å². The van der Waals surface area contributed by atoms with Crippen molar-refractivity contribution in [3.05, 3.63) is 0 Å². The molecule has 0 radical (unpaired) electrons. The maximum atomic E-state index is 11.9. The monoisotopic (exact) mass is 297 g/mol. The number of carbonyl (C=O) groups excluding carboxylic acids is 3. The number of piperazine rings is 1. The molecule has 10 heteroatoms. The zero-order valence-corrected chi connectivity index (χ0v) is 10.5. The Morgan fingerprint density at radius 1 is 1.30 bits per heavy atom. The van der Waals surface area contributed by atoms with Crippen LogP contribution < -0.4 is 16.0 Å². The minimum Gasteiger partial charge on any atom is -0.385 e. The molecule has 1 heterocycles. The number of hydrogen-bond donors (Lipinski definition) is 3. The molecule has 0 aromatic heterocycles. The molecule has 20 heavy (non-hydrogen) atoms. The van der Waals surface area contributed by atoms with Crippen LogP contribution in [0.3, 0.4) is 0 Å². The number of esters is 2. The fourth-order valence-corrected chi connectivity index (χ4v) is 1.45. The lowest BCUT2D eigenvalue weighted by Gasteiger charge is -2.24. The maximum absolute atomic E-state index is 11.9. The van der Waals surface area contributed by atoms with Gasteiger partial charge in [-0.15, -0.1) is 0 Å². The van der Waals surface area contributed by atoms with Crippen molar-refractivity contribution in [3.8, 4) is 0 Å². The summed E-state index contributed by atoms with van der Waals surface area (Å²) in [4.78, 5) is 33.4. The van der Waals surface area contributed by atoms with E-state index in [-0.39, 0.29) is 0 Å². The van der Waals surface area contributed by atoms with Crippen LogP contribution in [-0.4, -0.2) is 55.7 Å². The second-order valence-electron chi connectivity index (χ2n) is 4.15. The zero-order valence-electron chi connectivity index (χ0n) is 10.5. The Hall–Kier alpha value is -1.68. The van der Waals surface area contributed by atoms with Crippen molar-refractivity contribution < 1.29 is 32.3 Å². The van der Waals surface area contributed by atoms with Gasteiger partial charge in [-0.05, 0) is 6.92 Å². The summed E-state index contributed by atoms with van der Waals surface area (Å²) in [5.74, 6) is -4.65. The van der Waals surface area contributed by atoms with Crippen LogP contribution in [0.1, 0.15) is 6.92 Å². The van der Waals surface area contributed by atoms with Crippen molar-refractivity contribution in [2.45, 2.75) is 25.2 Å². The Bertz CT molecular complexity index is 394. The third kappa shape index (κ3) is 4.78. The van der Waals surface area contributed by atoms with E-state index in [4.69, 9.17) is 0 Å². The summed E-state index contributed by atoms with van der Waals surface area (Å²) in [5.41, 5.74) is 0. The fraction of sp³-hybridized carbons (Fsp3) is 0.700. The van der Waals surface area contributed by atoms with Crippen LogP contribution in [0.15, 0.2) is 0 Å². The predicted molar refractivity (Wildman–Crippen MR) is 59.4 cm³/mol. The molecule has 0 aliphatic carbocycles. The topological polar surface area (TPSA) is 96.5 Å². The molecular formula is C10H14F3N3O4. The van der Waals surface area contributed by atoms with E-state index in [0.717, 1.165) is 6.92 Å². The molecule has 0 spiro atoms. The average molecular weight is 297 g/mol. The highest BCUT2D eigenvalue weighted by atomic mass is 19.4. The third-order valence-electron chi connectivity index (χ3n) is 2.49. The first-order valence-electron chi connectivity index (χ1n) is 5.79. The Morgan fingerprint density at radius 3 is 2.45 bits per heavy atom. The summed E-state index contributed by atoms with van der Waals surface area (Å²) in [6, 6.07) is -1.96. The van der Waals surface area contributed by atoms with Crippen molar-refractivity contribution in [1.82, 2.24) is 16.0 Å². The van der Waals surface area contributed by atoms with Crippen LogP contribution in [-0.2, 0) is 19.1 Å². The van der Waals surface area contributed by atoms with E-state index >= 15 is 0 Å². The van der Waals surface area contributed by atoms with E-state index in [0.29, 0.717) is 19.6 Å². The number of nitrogens with one attached hydrogen (secondary N) is 3. The molecule has 1 aliphatic rings. The second-order valence-corrected chi connectivity index (χ2v) is 4.15. The molecule has 0 bridgehead atoms. The lowest BCUT2D eigenvalue weighted by molar-refractivity contribution is -0.202. The summed E-state index contributed by atoms with van der Waals surface area (Å²) in [5, 5.41) is 7.95. The molecule has 7 nitrogen and oxygen atoms in total. The number of halogens is 3. The fourth-order valence-electron chi connectivity index (χ4n) is 1.45. The minimum atomic E-state index is -5.26. The Balaban J connectivity index is 2.45. The van der Waals surface area contributed by atoms with Gasteiger partial charge in [0.25, 0.3) is 0 Å². The number of ether oxygens (including phenoxy) is 1. The van der Waals surface area contributed by atoms with E-state index in [9.17, 15) is 27.6 Å². The smallest absolute Gasteiger partial charge is 0.385 e. The highest BCUT2D eigenvalue weighted by Gasteiger charge is 2.43. The van der Waals surface area contributed by atoms with E-state index in [2.05, 4.69) is 20.7 Å². The highest BCUT2D eigenvalue weighted by Crippen LogP contribution is 2.16. The predicted octanol–water partition coefficient (Wildman–Crippen LogP) is -1.32. The SMILES string of the molecule is CC(NC(=O)C1CNCCN1)C(=O)OC(=O)C(F)(F)F. The second kappa shape index (κ2) is 6.66. The Morgan fingerprint density at radius 2 is 1.95 bits per heavy atom. The number of hydrogen-bond acceptors (Lipinski definition) is 6. The van der Waals surface area contributed by atoms with Gasteiger partial charge in [0.2, 0.25) is 5.91 Å². The van der Waals surface area contributed by atoms with Crippen molar-refractivity contribution in [2.24, 2.45) is 0 Å². The van der Waals surface area contributed by atoms with Crippen LogP contribution in [0.5, 0.6) is 0 Å². The lowest BCUT2D eigenvalue weighted by Crippen LogP contribution is -2.57. The van der Waals surface area contributed by atoms with Crippen molar-refractivity contribution in [1.29, 1.82) is 0 Å². The van der Waals surface area contributed by atoms with Gasteiger partial charge in [0.1, 0.15) is 6.04 Å². The van der Waals surface area contributed by atoms with Gasteiger partial charge < -0.3 is 20.7 Å². The molecule has 1 fully saturated rings. The molecule has 0 saturated carbocycles. The quantitative estimate of drug-likeness (QED) is 0.442. The maximum Gasteiger partial charge on any atom is 0.491 e. The average Bonchev–Trinajstić information content (AvgIpc) is 2.38. The number of amides is 1. The van der Waals surface area contributed by atoms with Crippen molar-refractivity contribution in [2.75, 3.05) is 19.6 Å². The lowest BCUT2D eigenvalue weighted by atomic mass is 10.2. The van der Waals surface area contributed by atoms with E-state index < -0.39 is 36.1 Å².